The molecule has 26 heavy (non-hydrogen) atoms. The molecule has 2 aromatic rings. The molecule has 1 fully saturated rings. The molecule has 1 saturated carbocycles. The number of hydrogen-bond donors (Lipinski definition) is 1. The minimum Gasteiger partial charge on any atom is -0.341 e. The highest BCUT2D eigenvalue weighted by atomic mass is 16.2. The zero-order valence-corrected chi connectivity index (χ0v) is 14.8. The van der Waals surface area contributed by atoms with Crippen molar-refractivity contribution in [3.8, 4) is 0 Å². The van der Waals surface area contributed by atoms with Gasteiger partial charge in [-0.1, -0.05) is 36.4 Å². The smallest absolute Gasteiger partial charge is 0.245 e. The summed E-state index contributed by atoms with van der Waals surface area (Å²) >= 11 is 0. The number of carbonyl (C=O) groups excluding carboxylic acids is 2. The Kier molecular flexibility index (Phi) is 5.79. The van der Waals surface area contributed by atoms with Crippen molar-refractivity contribution in [2.45, 2.75) is 38.4 Å². The van der Waals surface area contributed by atoms with Crippen LogP contribution < -0.4 is 5.32 Å². The maximum atomic E-state index is 12.8. The number of carbonyl (C=O) groups is 2. The zero-order chi connectivity index (χ0) is 18.4. The van der Waals surface area contributed by atoms with Crippen LogP contribution in [0.25, 0.3) is 6.08 Å². The molecule has 0 bridgehead atoms. The summed E-state index contributed by atoms with van der Waals surface area (Å²) in [5, 5.41) is 2.77. The predicted molar refractivity (Wildman–Crippen MR) is 101 cm³/mol. The van der Waals surface area contributed by atoms with Gasteiger partial charge in [0, 0.05) is 31.1 Å². The van der Waals surface area contributed by atoms with Crippen LogP contribution in [0.5, 0.6) is 0 Å². The van der Waals surface area contributed by atoms with E-state index in [-0.39, 0.29) is 17.9 Å². The van der Waals surface area contributed by atoms with E-state index in [1.165, 1.54) is 6.08 Å². The molecule has 0 spiro atoms. The Morgan fingerprint density at radius 3 is 2.65 bits per heavy atom. The van der Waals surface area contributed by atoms with Crippen LogP contribution in [0.3, 0.4) is 0 Å². The van der Waals surface area contributed by atoms with Crippen LogP contribution >= 0.6 is 0 Å². The van der Waals surface area contributed by atoms with Crippen LogP contribution in [0.15, 0.2) is 60.9 Å². The molecule has 2 amide bonds. The van der Waals surface area contributed by atoms with Crippen LogP contribution in [0, 0.1) is 0 Å². The Balaban J connectivity index is 1.58. The minimum absolute atomic E-state index is 0.0576. The molecule has 1 aromatic heterocycles. The number of nitrogens with one attached hydrogen (secondary N) is 1. The summed E-state index contributed by atoms with van der Waals surface area (Å²) < 4.78 is 0. The van der Waals surface area contributed by atoms with E-state index in [0.29, 0.717) is 6.54 Å². The second kappa shape index (κ2) is 8.43. The fourth-order valence-electron chi connectivity index (χ4n) is 2.77. The first-order chi connectivity index (χ1) is 12.6. The van der Waals surface area contributed by atoms with Crippen molar-refractivity contribution in [3.05, 3.63) is 72.1 Å². The molecule has 1 unspecified atom stereocenters. The molecule has 0 radical (unpaired) electrons. The molecule has 3 rings (SSSR count). The molecule has 1 aliphatic carbocycles. The molecule has 0 aliphatic heterocycles. The van der Waals surface area contributed by atoms with Gasteiger partial charge in [0.2, 0.25) is 11.8 Å². The van der Waals surface area contributed by atoms with E-state index < -0.39 is 6.04 Å². The molecular weight excluding hydrogens is 326 g/mol. The summed E-state index contributed by atoms with van der Waals surface area (Å²) in [6, 6.07) is 13.1. The van der Waals surface area contributed by atoms with Gasteiger partial charge in [-0.3, -0.25) is 14.6 Å². The van der Waals surface area contributed by atoms with Crippen LogP contribution in [0.4, 0.5) is 0 Å². The van der Waals surface area contributed by atoms with E-state index in [0.717, 1.165) is 24.0 Å². The zero-order valence-electron chi connectivity index (χ0n) is 14.8. The van der Waals surface area contributed by atoms with E-state index in [1.807, 2.05) is 47.4 Å². The van der Waals surface area contributed by atoms with E-state index in [1.54, 1.807) is 25.4 Å². The quantitative estimate of drug-likeness (QED) is 0.782. The first-order valence-electron chi connectivity index (χ1n) is 8.86. The van der Waals surface area contributed by atoms with E-state index >= 15 is 0 Å². The highest BCUT2D eigenvalue weighted by molar-refractivity contribution is 5.95. The topological polar surface area (TPSA) is 62.3 Å². The third-order valence-electron chi connectivity index (χ3n) is 4.30. The lowest BCUT2D eigenvalue weighted by Gasteiger charge is -2.26. The Morgan fingerprint density at radius 2 is 2.00 bits per heavy atom. The van der Waals surface area contributed by atoms with Gasteiger partial charge in [0.25, 0.3) is 0 Å². The van der Waals surface area contributed by atoms with Crippen molar-refractivity contribution >= 4 is 17.9 Å². The van der Waals surface area contributed by atoms with Gasteiger partial charge in [-0.2, -0.15) is 0 Å². The lowest BCUT2D eigenvalue weighted by molar-refractivity contribution is -0.136. The first-order valence-corrected chi connectivity index (χ1v) is 8.86. The molecule has 1 aromatic carbocycles. The monoisotopic (exact) mass is 349 g/mol. The number of nitrogens with zero attached hydrogens (tertiary/aromatic N) is 2. The van der Waals surface area contributed by atoms with Crippen LogP contribution in [0.1, 0.15) is 30.9 Å². The van der Waals surface area contributed by atoms with Crippen LogP contribution in [-0.4, -0.2) is 33.8 Å². The lowest BCUT2D eigenvalue weighted by atomic mass is 10.2. The Bertz CT molecular complexity index is 770. The summed E-state index contributed by atoms with van der Waals surface area (Å²) in [5.41, 5.74) is 1.94. The average molecular weight is 349 g/mol. The number of hydrogen-bond acceptors (Lipinski definition) is 3. The van der Waals surface area contributed by atoms with Crippen molar-refractivity contribution in [3.63, 3.8) is 0 Å². The maximum absolute atomic E-state index is 12.8. The molecule has 1 aliphatic rings. The Morgan fingerprint density at radius 1 is 1.23 bits per heavy atom. The second-order valence-electron chi connectivity index (χ2n) is 6.53. The molecular formula is C21H23N3O2. The average Bonchev–Trinajstić information content (AvgIpc) is 3.50. The number of rotatable bonds is 7. The van der Waals surface area contributed by atoms with Gasteiger partial charge in [0.15, 0.2) is 0 Å². The SMILES string of the molecule is CC(NC(=O)/C=C/c1ccccc1)C(=O)N(Cc1cccnc1)C1CC1. The highest BCUT2D eigenvalue weighted by Crippen LogP contribution is 2.28. The van der Waals surface area contributed by atoms with Gasteiger partial charge in [0.05, 0.1) is 0 Å². The number of benzene rings is 1. The number of amides is 2. The number of aromatic nitrogens is 1. The third-order valence-corrected chi connectivity index (χ3v) is 4.30. The minimum atomic E-state index is -0.569. The van der Waals surface area contributed by atoms with Gasteiger partial charge in [0.1, 0.15) is 6.04 Å². The van der Waals surface area contributed by atoms with E-state index in [2.05, 4.69) is 10.3 Å². The fourth-order valence-corrected chi connectivity index (χ4v) is 2.77. The van der Waals surface area contributed by atoms with Crippen LogP contribution in [0.2, 0.25) is 0 Å². The van der Waals surface area contributed by atoms with Crippen molar-refractivity contribution in [1.29, 1.82) is 0 Å². The van der Waals surface area contributed by atoms with E-state index in [9.17, 15) is 9.59 Å². The van der Waals surface area contributed by atoms with Gasteiger partial charge < -0.3 is 10.2 Å². The summed E-state index contributed by atoms with van der Waals surface area (Å²) in [7, 11) is 0. The summed E-state index contributed by atoms with van der Waals surface area (Å²) in [4.78, 5) is 30.9. The van der Waals surface area contributed by atoms with Gasteiger partial charge in [-0.25, -0.2) is 0 Å². The molecule has 5 heteroatoms. The van der Waals surface area contributed by atoms with Crippen molar-refractivity contribution in [2.24, 2.45) is 0 Å². The molecule has 5 nitrogen and oxygen atoms in total. The van der Waals surface area contributed by atoms with Gasteiger partial charge in [-0.05, 0) is 43.0 Å². The maximum Gasteiger partial charge on any atom is 0.245 e. The molecule has 0 saturated heterocycles. The van der Waals surface area contributed by atoms with Gasteiger partial charge >= 0.3 is 0 Å². The second-order valence-corrected chi connectivity index (χ2v) is 6.53. The molecule has 1 heterocycles. The van der Waals surface area contributed by atoms with Crippen LogP contribution in [-0.2, 0) is 16.1 Å². The van der Waals surface area contributed by atoms with Gasteiger partial charge in [-0.15, -0.1) is 0 Å². The summed E-state index contributed by atoms with van der Waals surface area (Å²) in [6.07, 6.45) is 8.72. The Hall–Kier alpha value is -2.95. The van der Waals surface area contributed by atoms with Crippen molar-refractivity contribution in [2.75, 3.05) is 0 Å². The lowest BCUT2D eigenvalue weighted by Crippen LogP contribution is -2.47. The summed E-state index contributed by atoms with van der Waals surface area (Å²) in [6.45, 7) is 2.26. The molecule has 134 valence electrons. The molecule has 1 N–H and O–H groups in total. The first kappa shape index (κ1) is 17.9. The Labute approximate surface area is 153 Å². The predicted octanol–water partition coefficient (Wildman–Crippen LogP) is 2.79. The van der Waals surface area contributed by atoms with Crippen molar-refractivity contribution < 1.29 is 9.59 Å². The standard InChI is InChI=1S/C21H23N3O2/c1-16(23-20(25)12-9-17-6-3-2-4-7-17)21(26)24(19-10-11-19)15-18-8-5-13-22-14-18/h2-9,12-14,16,19H,10-11,15H2,1H3,(H,23,25)/b12-9+. The number of pyridine rings is 1. The fraction of sp³-hybridized carbons (Fsp3) is 0.286. The van der Waals surface area contributed by atoms with Crippen molar-refractivity contribution in [1.82, 2.24) is 15.2 Å². The normalized spacial score (nSPS) is 14.8. The molecule has 1 atom stereocenters. The highest BCUT2D eigenvalue weighted by Gasteiger charge is 2.34. The third kappa shape index (κ3) is 5.02. The summed E-state index contributed by atoms with van der Waals surface area (Å²) in [5.74, 6) is -0.329. The van der Waals surface area contributed by atoms with E-state index in [4.69, 9.17) is 0 Å². The largest absolute Gasteiger partial charge is 0.341 e.